The lowest BCUT2D eigenvalue weighted by Gasteiger charge is -2.37. The van der Waals surface area contributed by atoms with E-state index in [1.807, 2.05) is 43.9 Å². The van der Waals surface area contributed by atoms with Crippen molar-refractivity contribution in [2.75, 3.05) is 33.9 Å². The van der Waals surface area contributed by atoms with Crippen LogP contribution in [0.5, 0.6) is 11.5 Å². The monoisotopic (exact) mass is 336 g/mol. The number of carbonyl (C=O) groups excluding carboxylic acids is 1. The first kappa shape index (κ1) is 18.4. The molecular weight excluding hydrogens is 308 g/mol. The summed E-state index contributed by atoms with van der Waals surface area (Å²) in [6, 6.07) is 5.78. The van der Waals surface area contributed by atoms with Gasteiger partial charge in [-0.2, -0.15) is 0 Å². The number of amides is 1. The Kier molecular flexibility index (Phi) is 5.94. The fourth-order valence-corrected chi connectivity index (χ4v) is 2.78. The minimum atomic E-state index is -0.496. The van der Waals surface area contributed by atoms with Crippen molar-refractivity contribution in [2.45, 2.75) is 38.8 Å². The van der Waals surface area contributed by atoms with Crippen molar-refractivity contribution in [3.63, 3.8) is 0 Å². The first-order valence-electron chi connectivity index (χ1n) is 8.25. The molecule has 1 atom stereocenters. The first-order valence-corrected chi connectivity index (χ1v) is 8.25. The van der Waals surface area contributed by atoms with Gasteiger partial charge in [0.05, 0.1) is 20.3 Å². The number of hydrogen-bond acceptors (Lipinski definition) is 5. The Balaban J connectivity index is 2.15. The van der Waals surface area contributed by atoms with Crippen LogP contribution < -0.4 is 14.8 Å². The Bertz CT molecular complexity index is 569. The van der Waals surface area contributed by atoms with E-state index in [4.69, 9.17) is 14.2 Å². The average Bonchev–Trinajstić information content (AvgIpc) is 2.54. The van der Waals surface area contributed by atoms with Crippen LogP contribution in [0.15, 0.2) is 18.2 Å². The lowest BCUT2D eigenvalue weighted by Crippen LogP contribution is -2.55. The van der Waals surface area contributed by atoms with E-state index in [0.29, 0.717) is 13.0 Å². The maximum atomic E-state index is 12.5. The molecule has 0 saturated carbocycles. The van der Waals surface area contributed by atoms with Crippen LogP contribution in [0, 0.1) is 0 Å². The van der Waals surface area contributed by atoms with E-state index in [1.165, 1.54) is 0 Å². The molecule has 1 amide bonds. The number of piperazine rings is 1. The number of ether oxygens (including phenoxy) is 3. The van der Waals surface area contributed by atoms with Crippen LogP contribution in [0.1, 0.15) is 26.3 Å². The van der Waals surface area contributed by atoms with Crippen LogP contribution in [0.25, 0.3) is 0 Å². The molecule has 2 rings (SSSR count). The maximum absolute atomic E-state index is 12.5. The van der Waals surface area contributed by atoms with E-state index in [2.05, 4.69) is 5.32 Å². The van der Waals surface area contributed by atoms with Gasteiger partial charge in [0.2, 0.25) is 0 Å². The number of nitrogens with zero attached hydrogens (tertiary/aromatic N) is 1. The van der Waals surface area contributed by atoms with Gasteiger partial charge in [-0.25, -0.2) is 4.79 Å². The molecule has 1 aliphatic heterocycles. The second kappa shape index (κ2) is 7.75. The molecule has 0 bridgehead atoms. The molecule has 1 aromatic carbocycles. The third kappa shape index (κ3) is 4.77. The largest absolute Gasteiger partial charge is 0.497 e. The van der Waals surface area contributed by atoms with Gasteiger partial charge >= 0.3 is 6.09 Å². The average molecular weight is 336 g/mol. The smallest absolute Gasteiger partial charge is 0.410 e. The van der Waals surface area contributed by atoms with Gasteiger partial charge in [0, 0.05) is 25.7 Å². The van der Waals surface area contributed by atoms with Gasteiger partial charge in [-0.05, 0) is 38.8 Å². The highest BCUT2D eigenvalue weighted by Crippen LogP contribution is 2.27. The van der Waals surface area contributed by atoms with E-state index in [0.717, 1.165) is 30.2 Å². The highest BCUT2D eigenvalue weighted by atomic mass is 16.6. The molecule has 1 fully saturated rings. The van der Waals surface area contributed by atoms with E-state index in [9.17, 15) is 4.79 Å². The minimum absolute atomic E-state index is 0.0240. The summed E-state index contributed by atoms with van der Waals surface area (Å²) in [7, 11) is 3.27. The normalized spacial score (nSPS) is 18.2. The Morgan fingerprint density at radius 1 is 1.29 bits per heavy atom. The van der Waals surface area contributed by atoms with Crippen LogP contribution >= 0.6 is 0 Å². The topological polar surface area (TPSA) is 60.0 Å². The summed E-state index contributed by atoms with van der Waals surface area (Å²) in [4.78, 5) is 14.3. The highest BCUT2D eigenvalue weighted by molar-refractivity contribution is 5.69. The molecule has 134 valence electrons. The molecule has 1 saturated heterocycles. The van der Waals surface area contributed by atoms with Crippen LogP contribution in [0.3, 0.4) is 0 Å². The van der Waals surface area contributed by atoms with Crippen LogP contribution in [-0.4, -0.2) is 56.5 Å². The van der Waals surface area contributed by atoms with E-state index in [1.54, 1.807) is 14.2 Å². The molecule has 1 N–H and O–H groups in total. The van der Waals surface area contributed by atoms with Crippen molar-refractivity contribution in [1.82, 2.24) is 10.2 Å². The van der Waals surface area contributed by atoms with Crippen molar-refractivity contribution in [3.8, 4) is 11.5 Å². The second-order valence-corrected chi connectivity index (χ2v) is 6.91. The molecule has 6 heteroatoms. The Morgan fingerprint density at radius 3 is 2.67 bits per heavy atom. The number of rotatable bonds is 4. The zero-order valence-corrected chi connectivity index (χ0v) is 15.2. The summed E-state index contributed by atoms with van der Waals surface area (Å²) < 4.78 is 16.3. The van der Waals surface area contributed by atoms with Gasteiger partial charge in [-0.3, -0.25) is 0 Å². The number of methoxy groups -OCH3 is 2. The Morgan fingerprint density at radius 2 is 2.04 bits per heavy atom. The van der Waals surface area contributed by atoms with Crippen molar-refractivity contribution < 1.29 is 19.0 Å². The number of benzene rings is 1. The van der Waals surface area contributed by atoms with Crippen molar-refractivity contribution >= 4 is 6.09 Å². The minimum Gasteiger partial charge on any atom is -0.497 e. The SMILES string of the molecule is COc1ccc(C[C@@H]2CNCCN2C(=O)OC(C)(C)C)c(OC)c1. The van der Waals surface area contributed by atoms with Crippen LogP contribution in [0.4, 0.5) is 4.79 Å². The molecule has 1 heterocycles. The fourth-order valence-electron chi connectivity index (χ4n) is 2.78. The molecule has 0 spiro atoms. The zero-order valence-electron chi connectivity index (χ0n) is 15.2. The van der Waals surface area contributed by atoms with Crippen LogP contribution in [0.2, 0.25) is 0 Å². The third-order valence-electron chi connectivity index (χ3n) is 3.93. The molecule has 24 heavy (non-hydrogen) atoms. The predicted molar refractivity (Wildman–Crippen MR) is 92.8 cm³/mol. The summed E-state index contributed by atoms with van der Waals surface area (Å²) >= 11 is 0. The van der Waals surface area contributed by atoms with Crippen molar-refractivity contribution in [3.05, 3.63) is 23.8 Å². The molecule has 1 aromatic rings. The summed E-state index contributed by atoms with van der Waals surface area (Å²) in [5, 5.41) is 3.35. The van der Waals surface area contributed by atoms with Gasteiger partial charge in [-0.1, -0.05) is 6.07 Å². The quantitative estimate of drug-likeness (QED) is 0.915. The van der Waals surface area contributed by atoms with Gasteiger partial charge < -0.3 is 24.4 Å². The predicted octanol–water partition coefficient (Wildman–Crippen LogP) is 2.46. The number of nitrogens with one attached hydrogen (secondary N) is 1. The van der Waals surface area contributed by atoms with E-state index < -0.39 is 5.60 Å². The lowest BCUT2D eigenvalue weighted by atomic mass is 10.0. The fraction of sp³-hybridized carbons (Fsp3) is 0.611. The Labute approximate surface area is 144 Å². The summed E-state index contributed by atoms with van der Waals surface area (Å²) in [5.74, 6) is 1.52. The molecule has 0 radical (unpaired) electrons. The van der Waals surface area contributed by atoms with Gasteiger partial charge in [0.25, 0.3) is 0 Å². The molecule has 0 aromatic heterocycles. The van der Waals surface area contributed by atoms with Crippen molar-refractivity contribution in [2.24, 2.45) is 0 Å². The maximum Gasteiger partial charge on any atom is 0.410 e. The Hall–Kier alpha value is -1.95. The number of hydrogen-bond donors (Lipinski definition) is 1. The van der Waals surface area contributed by atoms with E-state index in [-0.39, 0.29) is 12.1 Å². The summed E-state index contributed by atoms with van der Waals surface area (Å²) in [6.07, 6.45) is 0.431. The van der Waals surface area contributed by atoms with Gasteiger partial charge in [0.1, 0.15) is 17.1 Å². The zero-order chi connectivity index (χ0) is 17.7. The highest BCUT2D eigenvalue weighted by Gasteiger charge is 2.31. The third-order valence-corrected chi connectivity index (χ3v) is 3.93. The van der Waals surface area contributed by atoms with Crippen molar-refractivity contribution in [1.29, 1.82) is 0 Å². The first-order chi connectivity index (χ1) is 11.3. The van der Waals surface area contributed by atoms with Gasteiger partial charge in [-0.15, -0.1) is 0 Å². The molecule has 6 nitrogen and oxygen atoms in total. The number of carbonyl (C=O) groups is 1. The summed E-state index contributed by atoms with van der Waals surface area (Å²) in [5.41, 5.74) is 0.546. The standard InChI is InChI=1S/C18H28N2O4/c1-18(2,3)24-17(21)20-9-8-19-12-14(20)10-13-6-7-15(22-4)11-16(13)23-5/h6-7,11,14,19H,8-10,12H2,1-5H3/t14-/m1/s1. The molecule has 1 aliphatic rings. The molecule has 0 unspecified atom stereocenters. The van der Waals surface area contributed by atoms with Gasteiger partial charge in [0.15, 0.2) is 0 Å². The summed E-state index contributed by atoms with van der Waals surface area (Å²) in [6.45, 7) is 7.79. The molecular formula is C18H28N2O4. The van der Waals surface area contributed by atoms with E-state index >= 15 is 0 Å². The lowest BCUT2D eigenvalue weighted by molar-refractivity contribution is 0.0121. The second-order valence-electron chi connectivity index (χ2n) is 6.91. The molecule has 0 aliphatic carbocycles. The van der Waals surface area contributed by atoms with Crippen LogP contribution in [-0.2, 0) is 11.2 Å².